The molecule has 3 radical (unpaired) electrons. The van der Waals surface area contributed by atoms with Crippen LogP contribution >= 0.6 is 96.7 Å². The number of hydrogen-bond donors (Lipinski definition) is 0. The Kier molecular flexibility index (Phi) is 19.8. The van der Waals surface area contributed by atoms with Gasteiger partial charge in [0, 0.05) is 18.6 Å². The fourth-order valence-electron chi connectivity index (χ4n) is 0.366. The van der Waals surface area contributed by atoms with Crippen LogP contribution in [-0.4, -0.2) is 7.57 Å². The summed E-state index contributed by atoms with van der Waals surface area (Å²) in [7, 11) is 24.4. The van der Waals surface area contributed by atoms with Crippen molar-refractivity contribution in [1.82, 2.24) is 0 Å². The first-order chi connectivity index (χ1) is 5.86. The predicted molar refractivity (Wildman–Crippen MR) is 107 cm³/mol. The van der Waals surface area contributed by atoms with Crippen molar-refractivity contribution < 1.29 is 18.6 Å². The van der Waals surface area contributed by atoms with E-state index in [1.807, 2.05) is 0 Å². The zero-order valence-electron chi connectivity index (χ0n) is 7.22. The minimum absolute atomic E-state index is 0. The molecule has 0 heterocycles. The van der Waals surface area contributed by atoms with Crippen LogP contribution in [0.25, 0.3) is 0 Å². The van der Waals surface area contributed by atoms with E-state index in [0.29, 0.717) is 0 Å². The Balaban J connectivity index is 0. The average Bonchev–Trinajstić information content (AvgIpc) is 1.97. The van der Waals surface area contributed by atoms with E-state index in [2.05, 4.69) is 53.6 Å². The summed E-state index contributed by atoms with van der Waals surface area (Å²) in [5.41, 5.74) is 0. The third kappa shape index (κ3) is 10.6. The van der Waals surface area contributed by atoms with Crippen molar-refractivity contribution in [2.24, 2.45) is 0 Å². The molecule has 0 amide bonds. The zero-order valence-corrected chi connectivity index (χ0v) is 21.0. The molecule has 0 N–H and O–H groups in total. The molecule has 0 aliphatic heterocycles. The Hall–Kier alpha value is 5.81. The fourth-order valence-corrected chi connectivity index (χ4v) is 84.7. The first-order valence-corrected chi connectivity index (χ1v) is 24.1. The van der Waals surface area contributed by atoms with E-state index >= 15 is 0 Å². The monoisotopic (exact) mass is 447 g/mol. The van der Waals surface area contributed by atoms with Gasteiger partial charge in [-0.15, -0.1) is 60.7 Å². The normalized spacial score (nSPS) is 16.6. The molecular weight excluding hydrogens is 433 g/mol. The van der Waals surface area contributed by atoms with Crippen LogP contribution < -0.4 is 0 Å². The standard InChI is InChI=1S/BH13P12.V/c1-9(2)12(7)8-13(10(3)4)11(5)6;/h8H,2-7H2;. The van der Waals surface area contributed by atoms with Gasteiger partial charge in [0.25, 0.3) is 0 Å². The van der Waals surface area contributed by atoms with Crippen LogP contribution in [0.3, 0.4) is 0 Å². The van der Waals surface area contributed by atoms with E-state index < -0.39 is 0 Å². The van der Waals surface area contributed by atoms with Gasteiger partial charge in [0.2, 0.25) is 0 Å². The van der Waals surface area contributed by atoms with Crippen LogP contribution in [0.5, 0.6) is 0 Å². The van der Waals surface area contributed by atoms with Crippen LogP contribution in [0.1, 0.15) is 0 Å². The topological polar surface area (TPSA) is 0 Å². The van der Waals surface area contributed by atoms with E-state index in [9.17, 15) is 0 Å². The molecule has 0 aliphatic carbocycles. The van der Waals surface area contributed by atoms with Crippen LogP contribution in [0, 0.1) is 0 Å². The van der Waals surface area contributed by atoms with Gasteiger partial charge >= 0.3 is 0 Å². The minimum Gasteiger partial charge on any atom is -0.117 e. The van der Waals surface area contributed by atoms with Gasteiger partial charge < -0.3 is 0 Å². The first kappa shape index (κ1) is 22.1. The van der Waals surface area contributed by atoms with E-state index in [1.165, 1.54) is 0 Å². The average molecular weight is 447 g/mol. The fraction of sp³-hybridized carbons (Fsp3) is 0. The second-order valence-corrected chi connectivity index (χ2v) is 45.8. The van der Waals surface area contributed by atoms with Gasteiger partial charge in [0.15, 0.2) is 0 Å². The van der Waals surface area contributed by atoms with Crippen molar-refractivity contribution in [3.05, 3.63) is 0 Å². The second kappa shape index (κ2) is 12.5. The largest absolute Gasteiger partial charge is 0.121 e. The molecule has 0 aromatic carbocycles. The molecule has 14 heteroatoms. The van der Waals surface area contributed by atoms with Crippen molar-refractivity contribution in [3.63, 3.8) is 0 Å². The van der Waals surface area contributed by atoms with E-state index in [-0.39, 0.29) is 53.7 Å². The molecule has 0 saturated heterocycles. The summed E-state index contributed by atoms with van der Waals surface area (Å²) < 4.78 is 0. The summed E-state index contributed by atoms with van der Waals surface area (Å²) in [5, 5.41) is 0. The summed E-state index contributed by atoms with van der Waals surface area (Å²) in [4.78, 5) is 0. The van der Waals surface area contributed by atoms with Gasteiger partial charge in [-0.3, -0.25) is 0 Å². The maximum Gasteiger partial charge on any atom is 0.121 e. The van der Waals surface area contributed by atoms with Crippen molar-refractivity contribution >= 4 is 104 Å². The van der Waals surface area contributed by atoms with Crippen molar-refractivity contribution in [2.45, 2.75) is 0 Å². The molecule has 0 aromatic heterocycles. The molecule has 0 fully saturated rings. The predicted octanol–water partition coefficient (Wildman–Crippen LogP) is 6.47. The zero-order chi connectivity index (χ0) is 10.6. The second-order valence-electron chi connectivity index (χ2n) is 1.87. The van der Waals surface area contributed by atoms with Crippen molar-refractivity contribution in [2.75, 3.05) is 0 Å². The van der Waals surface area contributed by atoms with Gasteiger partial charge in [-0.05, 0) is 27.9 Å². The summed E-state index contributed by atoms with van der Waals surface area (Å²) in [5.74, 6) is 0. The van der Waals surface area contributed by atoms with Crippen LogP contribution in [-0.2, 0) is 18.6 Å². The Morgan fingerprint density at radius 2 is 1.21 bits per heavy atom. The van der Waals surface area contributed by atoms with Crippen LogP contribution in [0.2, 0.25) is 0 Å². The maximum atomic E-state index is 5.92. The Morgan fingerprint density at radius 1 is 0.857 bits per heavy atom. The quantitative estimate of drug-likeness (QED) is 0.335. The van der Waals surface area contributed by atoms with Crippen LogP contribution in [0.15, 0.2) is 0 Å². The third-order valence-corrected chi connectivity index (χ3v) is 64.4. The molecule has 9 atom stereocenters. The third-order valence-electron chi connectivity index (χ3n) is 0.878. The van der Waals surface area contributed by atoms with E-state index in [1.54, 1.807) is 0 Å². The Bertz CT molecular complexity index is 124. The first-order valence-electron chi connectivity index (χ1n) is 2.85. The summed E-state index contributed by atoms with van der Waals surface area (Å²) >= 11 is 0. The minimum atomic E-state index is -0.287. The molecule has 0 rings (SSSR count). The Labute approximate surface area is 122 Å². The number of hydrogen-bond acceptors (Lipinski definition) is 0. The molecule has 0 bridgehead atoms. The molecule has 0 aliphatic rings. The summed E-state index contributed by atoms with van der Waals surface area (Å²) in [6.07, 6.45) is 0. The molecule has 9 unspecified atom stereocenters. The maximum absolute atomic E-state index is 5.92. The SMILES string of the molecule is [B]P(P)P(P)PP(P(P)P)P(P)P.[V]. The molecule has 14 heavy (non-hydrogen) atoms. The summed E-state index contributed by atoms with van der Waals surface area (Å²) in [6, 6.07) is 0. The van der Waals surface area contributed by atoms with Gasteiger partial charge in [-0.2, -0.15) is 0 Å². The Morgan fingerprint density at radius 3 is 1.43 bits per heavy atom. The van der Waals surface area contributed by atoms with Gasteiger partial charge in [0.05, 0.1) is 0 Å². The van der Waals surface area contributed by atoms with Gasteiger partial charge in [0.1, 0.15) is 7.57 Å². The number of rotatable bonds is 5. The van der Waals surface area contributed by atoms with Crippen molar-refractivity contribution in [3.8, 4) is 0 Å². The molecule has 0 spiro atoms. The molecule has 0 saturated carbocycles. The molecule has 0 aromatic rings. The summed E-state index contributed by atoms with van der Waals surface area (Å²) in [6.45, 7) is 0.375. The van der Waals surface area contributed by atoms with E-state index in [4.69, 9.17) is 7.57 Å². The molecule has 81 valence electrons. The molecular formula is H13BP12V. The molecule has 0 nitrogen and oxygen atoms in total. The van der Waals surface area contributed by atoms with Gasteiger partial charge in [-0.1, -0.05) is 7.96 Å². The smallest absolute Gasteiger partial charge is 0.117 e. The van der Waals surface area contributed by atoms with Gasteiger partial charge in [-0.25, -0.2) is 0 Å². The van der Waals surface area contributed by atoms with E-state index in [0.717, 1.165) is 7.96 Å². The van der Waals surface area contributed by atoms with Crippen LogP contribution in [0.4, 0.5) is 0 Å². The van der Waals surface area contributed by atoms with Crippen molar-refractivity contribution in [1.29, 1.82) is 0 Å².